The van der Waals surface area contributed by atoms with Crippen LogP contribution in [0.15, 0.2) is 27.6 Å². The molecular formula is C11H16BrN3O3S. The number of primary amides is 1. The van der Waals surface area contributed by atoms with Crippen LogP contribution in [0.3, 0.4) is 0 Å². The summed E-state index contributed by atoms with van der Waals surface area (Å²) in [5, 5.41) is 0. The van der Waals surface area contributed by atoms with E-state index in [2.05, 4.69) is 20.7 Å². The summed E-state index contributed by atoms with van der Waals surface area (Å²) in [4.78, 5) is 10.7. The van der Waals surface area contributed by atoms with Gasteiger partial charge in [-0.15, -0.1) is 0 Å². The van der Waals surface area contributed by atoms with E-state index in [1.54, 1.807) is 0 Å². The molecule has 1 rings (SSSR count). The second-order valence-corrected chi connectivity index (χ2v) is 6.60. The average molecular weight is 350 g/mol. The molecule has 0 spiro atoms. The van der Waals surface area contributed by atoms with Crippen molar-refractivity contribution in [1.29, 1.82) is 0 Å². The Morgan fingerprint density at radius 1 is 1.32 bits per heavy atom. The summed E-state index contributed by atoms with van der Waals surface area (Å²) in [6.07, 6.45) is 1.36. The fourth-order valence-corrected chi connectivity index (χ4v) is 3.61. The number of hydrogen-bond donors (Lipinski definition) is 3. The first-order chi connectivity index (χ1) is 8.83. The van der Waals surface area contributed by atoms with Crippen LogP contribution >= 0.6 is 15.9 Å². The molecule has 5 N–H and O–H groups in total. The topological polar surface area (TPSA) is 115 Å². The molecule has 19 heavy (non-hydrogen) atoms. The Kier molecular flexibility index (Phi) is 5.77. The van der Waals surface area contributed by atoms with Crippen LogP contribution in [0.1, 0.15) is 19.3 Å². The van der Waals surface area contributed by atoms with E-state index in [9.17, 15) is 13.2 Å². The average Bonchev–Trinajstić information content (AvgIpc) is 2.27. The Hall–Kier alpha value is -1.12. The number of nitrogens with two attached hydrogens (primary N) is 2. The zero-order valence-electron chi connectivity index (χ0n) is 10.2. The summed E-state index contributed by atoms with van der Waals surface area (Å²) in [6.45, 7) is 0.256. The molecule has 0 radical (unpaired) electrons. The number of rotatable bonds is 7. The number of halogens is 1. The maximum atomic E-state index is 12.0. The summed E-state index contributed by atoms with van der Waals surface area (Å²) in [5.74, 6) is -0.385. The van der Waals surface area contributed by atoms with Crippen molar-refractivity contribution in [1.82, 2.24) is 4.72 Å². The molecule has 0 aliphatic rings. The highest BCUT2D eigenvalue weighted by atomic mass is 79.9. The van der Waals surface area contributed by atoms with Gasteiger partial charge in [-0.3, -0.25) is 4.79 Å². The third-order valence-electron chi connectivity index (χ3n) is 2.39. The van der Waals surface area contributed by atoms with Crippen molar-refractivity contribution in [2.24, 2.45) is 5.73 Å². The zero-order chi connectivity index (χ0) is 14.5. The molecule has 0 aromatic heterocycles. The van der Waals surface area contributed by atoms with Crippen LogP contribution in [0, 0.1) is 0 Å². The van der Waals surface area contributed by atoms with Gasteiger partial charge in [-0.25, -0.2) is 13.1 Å². The number of nitrogens with one attached hydrogen (secondary N) is 1. The van der Waals surface area contributed by atoms with Crippen LogP contribution in [0.5, 0.6) is 0 Å². The third-order valence-corrected chi connectivity index (χ3v) is 4.83. The third kappa shape index (κ3) is 5.17. The first kappa shape index (κ1) is 15.9. The number of benzene rings is 1. The van der Waals surface area contributed by atoms with Crippen LogP contribution in [0.25, 0.3) is 0 Å². The summed E-state index contributed by atoms with van der Waals surface area (Å²) < 4.78 is 26.8. The van der Waals surface area contributed by atoms with E-state index in [1.165, 1.54) is 18.2 Å². The fourth-order valence-electron chi connectivity index (χ4n) is 1.44. The van der Waals surface area contributed by atoms with E-state index in [0.29, 0.717) is 23.0 Å². The largest absolute Gasteiger partial charge is 0.399 e. The van der Waals surface area contributed by atoms with Gasteiger partial charge in [0.25, 0.3) is 0 Å². The van der Waals surface area contributed by atoms with Gasteiger partial charge in [0.05, 0.1) is 4.90 Å². The highest BCUT2D eigenvalue weighted by Gasteiger charge is 2.16. The van der Waals surface area contributed by atoms with Gasteiger partial charge in [0, 0.05) is 23.1 Å². The lowest BCUT2D eigenvalue weighted by Crippen LogP contribution is -2.25. The van der Waals surface area contributed by atoms with Gasteiger partial charge in [0.1, 0.15) is 0 Å². The Morgan fingerprint density at radius 2 is 2.00 bits per heavy atom. The molecule has 6 nitrogen and oxygen atoms in total. The van der Waals surface area contributed by atoms with Crippen LogP contribution in [-0.2, 0) is 14.8 Å². The molecule has 0 fully saturated rings. The van der Waals surface area contributed by atoms with Crippen molar-refractivity contribution in [3.63, 3.8) is 0 Å². The van der Waals surface area contributed by atoms with Crippen molar-refractivity contribution in [3.05, 3.63) is 22.7 Å². The van der Waals surface area contributed by atoms with Gasteiger partial charge in [0.15, 0.2) is 0 Å². The maximum Gasteiger partial charge on any atom is 0.241 e. The lowest BCUT2D eigenvalue weighted by Gasteiger charge is -2.08. The van der Waals surface area contributed by atoms with Crippen LogP contribution in [0.4, 0.5) is 5.69 Å². The first-order valence-corrected chi connectivity index (χ1v) is 7.93. The number of carbonyl (C=O) groups is 1. The molecular weight excluding hydrogens is 334 g/mol. The number of carbonyl (C=O) groups excluding carboxylic acids is 1. The number of nitrogen functional groups attached to an aromatic ring is 1. The Labute approximate surface area is 120 Å². The molecule has 0 saturated carbocycles. The smallest absolute Gasteiger partial charge is 0.241 e. The van der Waals surface area contributed by atoms with Crippen molar-refractivity contribution >= 4 is 37.5 Å². The molecule has 0 saturated heterocycles. The number of unbranched alkanes of at least 4 members (excludes halogenated alkanes) is 1. The van der Waals surface area contributed by atoms with E-state index in [-0.39, 0.29) is 23.8 Å². The number of anilines is 1. The van der Waals surface area contributed by atoms with Gasteiger partial charge in [-0.05, 0) is 47.0 Å². The van der Waals surface area contributed by atoms with Gasteiger partial charge < -0.3 is 11.5 Å². The van der Waals surface area contributed by atoms with Crippen molar-refractivity contribution in [3.8, 4) is 0 Å². The van der Waals surface area contributed by atoms with Gasteiger partial charge >= 0.3 is 0 Å². The predicted octanol–water partition coefficient (Wildman–Crippen LogP) is 0.965. The molecule has 1 amide bonds. The quantitative estimate of drug-likeness (QED) is 0.502. The van der Waals surface area contributed by atoms with E-state index in [4.69, 9.17) is 11.5 Å². The second-order valence-electron chi connectivity index (χ2n) is 4.01. The zero-order valence-corrected chi connectivity index (χ0v) is 12.6. The van der Waals surface area contributed by atoms with E-state index in [1.807, 2.05) is 0 Å². The highest BCUT2D eigenvalue weighted by molar-refractivity contribution is 9.10. The molecule has 106 valence electrons. The van der Waals surface area contributed by atoms with E-state index < -0.39 is 10.0 Å². The number of hydrogen-bond acceptors (Lipinski definition) is 4. The molecule has 0 heterocycles. The lowest BCUT2D eigenvalue weighted by molar-refractivity contribution is -0.118. The summed E-state index contributed by atoms with van der Waals surface area (Å²) in [6, 6.07) is 4.49. The standard InChI is InChI=1S/C11H16BrN3O3S/c12-9-7-8(13)4-5-10(9)19(17,18)15-6-2-1-3-11(14)16/h4-5,7,15H,1-3,6,13H2,(H2,14,16). The molecule has 0 bridgehead atoms. The van der Waals surface area contributed by atoms with Gasteiger partial charge in [-0.1, -0.05) is 0 Å². The fraction of sp³-hybridized carbons (Fsp3) is 0.364. The molecule has 0 aliphatic heterocycles. The normalized spacial score (nSPS) is 11.4. The minimum Gasteiger partial charge on any atom is -0.399 e. The lowest BCUT2D eigenvalue weighted by atomic mass is 10.2. The van der Waals surface area contributed by atoms with Crippen LogP contribution < -0.4 is 16.2 Å². The molecule has 8 heteroatoms. The highest BCUT2D eigenvalue weighted by Crippen LogP contribution is 2.23. The van der Waals surface area contributed by atoms with Gasteiger partial charge in [-0.2, -0.15) is 0 Å². The minimum absolute atomic E-state index is 0.136. The minimum atomic E-state index is -3.58. The Balaban J connectivity index is 2.59. The summed E-state index contributed by atoms with van der Waals surface area (Å²) in [7, 11) is -3.58. The molecule has 1 aromatic carbocycles. The Morgan fingerprint density at radius 3 is 2.58 bits per heavy atom. The molecule has 0 aliphatic carbocycles. The van der Waals surface area contributed by atoms with Crippen LogP contribution in [-0.4, -0.2) is 20.9 Å². The molecule has 1 aromatic rings. The number of amides is 1. The number of sulfonamides is 1. The predicted molar refractivity (Wildman–Crippen MR) is 76.8 cm³/mol. The SMILES string of the molecule is NC(=O)CCCCNS(=O)(=O)c1ccc(N)cc1Br. The Bertz CT molecular complexity index is 560. The first-order valence-electron chi connectivity index (χ1n) is 5.66. The van der Waals surface area contributed by atoms with Crippen molar-refractivity contribution in [2.75, 3.05) is 12.3 Å². The monoisotopic (exact) mass is 349 g/mol. The van der Waals surface area contributed by atoms with Crippen molar-refractivity contribution in [2.45, 2.75) is 24.2 Å². The summed E-state index contributed by atoms with van der Waals surface area (Å²) in [5.41, 5.74) is 11.0. The molecule has 0 unspecified atom stereocenters. The summed E-state index contributed by atoms with van der Waals surface area (Å²) >= 11 is 3.16. The molecule has 0 atom stereocenters. The van der Waals surface area contributed by atoms with Crippen LogP contribution in [0.2, 0.25) is 0 Å². The maximum absolute atomic E-state index is 12.0. The van der Waals surface area contributed by atoms with Crippen molar-refractivity contribution < 1.29 is 13.2 Å². The van der Waals surface area contributed by atoms with E-state index in [0.717, 1.165) is 0 Å². The van der Waals surface area contributed by atoms with E-state index >= 15 is 0 Å². The second kappa shape index (κ2) is 6.88. The van der Waals surface area contributed by atoms with Gasteiger partial charge in [0.2, 0.25) is 15.9 Å².